The molecule has 0 saturated heterocycles. The lowest BCUT2D eigenvalue weighted by Crippen LogP contribution is -2.08. The van der Waals surface area contributed by atoms with Crippen LogP contribution in [0.2, 0.25) is 0 Å². The minimum Gasteiger partial charge on any atom is -0.493 e. The largest absolute Gasteiger partial charge is 0.493 e. The number of para-hydroxylation sites is 2. The number of ether oxygens (including phenoxy) is 1. The Morgan fingerprint density at radius 1 is 1.14 bits per heavy atom. The van der Waals surface area contributed by atoms with Crippen LogP contribution in [-0.4, -0.2) is 12.1 Å². The molecule has 0 unspecified atom stereocenters. The Kier molecular flexibility index (Phi) is 4.75. The number of aromatic nitrogens is 1. The Balaban J connectivity index is 1.71. The van der Waals surface area contributed by atoms with Crippen molar-refractivity contribution in [2.24, 2.45) is 0 Å². The van der Waals surface area contributed by atoms with Gasteiger partial charge >= 0.3 is 11.8 Å². The monoisotopic (exact) mass is 418 g/mol. The quantitative estimate of drug-likeness (QED) is 0.432. The standard InChI is InChI=1S/C20H13F3N2O3S/c1-27-16-8-4-5-11-9-12(18(26)28-17(11)16)15-10-29-19(25-15)24-14-7-3-2-6-13(14)20(21,22)23/h2-10H,1H3,(H,24,25). The summed E-state index contributed by atoms with van der Waals surface area (Å²) in [7, 11) is 1.47. The number of benzene rings is 2. The normalized spacial score (nSPS) is 11.6. The van der Waals surface area contributed by atoms with Crippen LogP contribution in [-0.2, 0) is 6.18 Å². The van der Waals surface area contributed by atoms with Crippen molar-refractivity contribution >= 4 is 33.1 Å². The van der Waals surface area contributed by atoms with Gasteiger partial charge in [-0.05, 0) is 24.3 Å². The van der Waals surface area contributed by atoms with E-state index < -0.39 is 17.4 Å². The number of halogens is 3. The Morgan fingerprint density at radius 3 is 2.69 bits per heavy atom. The van der Waals surface area contributed by atoms with Crippen LogP contribution in [0.3, 0.4) is 0 Å². The number of nitrogens with one attached hydrogen (secondary N) is 1. The van der Waals surface area contributed by atoms with Gasteiger partial charge in [-0.1, -0.05) is 24.3 Å². The smallest absolute Gasteiger partial charge is 0.418 e. The average Bonchev–Trinajstić information content (AvgIpc) is 3.15. The third-order valence-corrected chi connectivity index (χ3v) is 4.96. The van der Waals surface area contributed by atoms with Crippen LogP contribution in [0.5, 0.6) is 5.75 Å². The molecule has 0 bridgehead atoms. The third-order valence-electron chi connectivity index (χ3n) is 4.20. The van der Waals surface area contributed by atoms with E-state index >= 15 is 0 Å². The Bertz CT molecular complexity index is 1250. The maximum atomic E-state index is 13.2. The van der Waals surface area contributed by atoms with Gasteiger partial charge in [-0.3, -0.25) is 0 Å². The molecule has 29 heavy (non-hydrogen) atoms. The molecule has 0 saturated carbocycles. The van der Waals surface area contributed by atoms with Gasteiger partial charge in [0.15, 0.2) is 16.5 Å². The van der Waals surface area contributed by atoms with E-state index in [9.17, 15) is 18.0 Å². The molecule has 0 radical (unpaired) electrons. The van der Waals surface area contributed by atoms with E-state index in [1.165, 1.54) is 25.3 Å². The highest BCUT2D eigenvalue weighted by Crippen LogP contribution is 2.37. The van der Waals surface area contributed by atoms with Crippen LogP contribution in [0.15, 0.2) is 63.1 Å². The fourth-order valence-corrected chi connectivity index (χ4v) is 3.59. The van der Waals surface area contributed by atoms with Gasteiger partial charge in [-0.2, -0.15) is 13.2 Å². The van der Waals surface area contributed by atoms with E-state index in [-0.39, 0.29) is 16.4 Å². The lowest BCUT2D eigenvalue weighted by molar-refractivity contribution is -0.136. The molecule has 148 valence electrons. The molecule has 4 aromatic rings. The second-order valence-corrected chi connectivity index (χ2v) is 6.89. The molecule has 0 spiro atoms. The van der Waals surface area contributed by atoms with Crippen molar-refractivity contribution in [3.8, 4) is 17.0 Å². The van der Waals surface area contributed by atoms with Crippen molar-refractivity contribution in [1.29, 1.82) is 0 Å². The van der Waals surface area contributed by atoms with Crippen LogP contribution in [0.1, 0.15) is 5.56 Å². The minimum atomic E-state index is -4.50. The van der Waals surface area contributed by atoms with Gasteiger partial charge in [0.2, 0.25) is 0 Å². The summed E-state index contributed by atoms with van der Waals surface area (Å²) in [5, 5.41) is 5.13. The van der Waals surface area contributed by atoms with Crippen molar-refractivity contribution in [2.45, 2.75) is 6.18 Å². The van der Waals surface area contributed by atoms with E-state index in [2.05, 4.69) is 10.3 Å². The van der Waals surface area contributed by atoms with Crippen LogP contribution < -0.4 is 15.7 Å². The number of nitrogens with zero attached hydrogens (tertiary/aromatic N) is 1. The van der Waals surface area contributed by atoms with Gasteiger partial charge in [-0.15, -0.1) is 11.3 Å². The molecule has 0 amide bonds. The fraction of sp³-hybridized carbons (Fsp3) is 0.100. The summed E-state index contributed by atoms with van der Waals surface area (Å²) in [5.74, 6) is 0.426. The molecule has 0 atom stereocenters. The number of hydrogen-bond donors (Lipinski definition) is 1. The molecule has 0 fully saturated rings. The molecule has 0 aliphatic rings. The van der Waals surface area contributed by atoms with Crippen molar-refractivity contribution in [3.05, 3.63) is 69.9 Å². The Hall–Kier alpha value is -3.33. The Morgan fingerprint density at radius 2 is 1.93 bits per heavy atom. The summed E-state index contributed by atoms with van der Waals surface area (Å²) >= 11 is 1.09. The number of fused-ring (bicyclic) bond motifs is 1. The van der Waals surface area contributed by atoms with Gasteiger partial charge in [-0.25, -0.2) is 9.78 Å². The maximum absolute atomic E-state index is 13.2. The van der Waals surface area contributed by atoms with E-state index in [4.69, 9.17) is 9.15 Å². The van der Waals surface area contributed by atoms with Crippen molar-refractivity contribution in [3.63, 3.8) is 0 Å². The highest BCUT2D eigenvalue weighted by molar-refractivity contribution is 7.14. The van der Waals surface area contributed by atoms with Crippen molar-refractivity contribution in [1.82, 2.24) is 4.98 Å². The fourth-order valence-electron chi connectivity index (χ4n) is 2.87. The topological polar surface area (TPSA) is 64.4 Å². The molecule has 5 nitrogen and oxygen atoms in total. The summed E-state index contributed by atoms with van der Waals surface area (Å²) in [6, 6.07) is 11.9. The summed E-state index contributed by atoms with van der Waals surface area (Å²) in [5.41, 5.74) is -0.698. The number of hydrogen-bond acceptors (Lipinski definition) is 6. The van der Waals surface area contributed by atoms with Gasteiger partial charge < -0.3 is 14.5 Å². The molecule has 2 aromatic carbocycles. The van der Waals surface area contributed by atoms with Gasteiger partial charge in [0.05, 0.1) is 29.6 Å². The molecule has 0 aliphatic heterocycles. The Labute approximate surface area is 166 Å². The lowest BCUT2D eigenvalue weighted by Gasteiger charge is -2.12. The third kappa shape index (κ3) is 3.68. The van der Waals surface area contributed by atoms with E-state index in [0.717, 1.165) is 17.4 Å². The maximum Gasteiger partial charge on any atom is 0.418 e. The molecule has 0 aliphatic carbocycles. The van der Waals surface area contributed by atoms with Crippen LogP contribution >= 0.6 is 11.3 Å². The van der Waals surface area contributed by atoms with Gasteiger partial charge in [0, 0.05) is 10.8 Å². The SMILES string of the molecule is COc1cccc2cc(-c3csc(Nc4ccccc4C(F)(F)F)n3)c(=O)oc12. The van der Waals surface area contributed by atoms with Crippen molar-refractivity contribution < 1.29 is 22.3 Å². The van der Waals surface area contributed by atoms with Crippen LogP contribution in [0.4, 0.5) is 24.0 Å². The lowest BCUT2D eigenvalue weighted by atomic mass is 10.1. The second kappa shape index (κ2) is 7.25. The van der Waals surface area contributed by atoms with Crippen LogP contribution in [0, 0.1) is 0 Å². The number of methoxy groups -OCH3 is 1. The predicted octanol–water partition coefficient (Wildman–Crippen LogP) is 5.69. The number of alkyl halides is 3. The zero-order valence-corrected chi connectivity index (χ0v) is 15.7. The molecule has 1 N–H and O–H groups in total. The molecular weight excluding hydrogens is 405 g/mol. The van der Waals surface area contributed by atoms with E-state index in [1.807, 2.05) is 0 Å². The number of thiazole rings is 1. The summed E-state index contributed by atoms with van der Waals surface area (Å²) in [6.45, 7) is 0. The summed E-state index contributed by atoms with van der Waals surface area (Å²) in [4.78, 5) is 16.7. The summed E-state index contributed by atoms with van der Waals surface area (Å²) in [6.07, 6.45) is -4.50. The molecular formula is C20H13F3N2O3S. The first-order valence-electron chi connectivity index (χ1n) is 8.37. The highest BCUT2D eigenvalue weighted by Gasteiger charge is 2.33. The zero-order chi connectivity index (χ0) is 20.6. The molecule has 9 heteroatoms. The predicted molar refractivity (Wildman–Crippen MR) is 105 cm³/mol. The number of rotatable bonds is 4. The first-order chi connectivity index (χ1) is 13.9. The van der Waals surface area contributed by atoms with Crippen molar-refractivity contribution in [2.75, 3.05) is 12.4 Å². The highest BCUT2D eigenvalue weighted by atomic mass is 32.1. The number of anilines is 2. The zero-order valence-electron chi connectivity index (χ0n) is 14.9. The minimum absolute atomic E-state index is 0.115. The average molecular weight is 418 g/mol. The molecule has 2 heterocycles. The second-order valence-electron chi connectivity index (χ2n) is 6.03. The van der Waals surface area contributed by atoms with Gasteiger partial charge in [0.1, 0.15) is 0 Å². The van der Waals surface area contributed by atoms with E-state index in [0.29, 0.717) is 22.4 Å². The first-order valence-corrected chi connectivity index (χ1v) is 9.25. The molecule has 2 aromatic heterocycles. The van der Waals surface area contributed by atoms with Crippen LogP contribution in [0.25, 0.3) is 22.2 Å². The first kappa shape index (κ1) is 19.0. The van der Waals surface area contributed by atoms with E-state index in [1.54, 1.807) is 29.6 Å². The summed E-state index contributed by atoms with van der Waals surface area (Å²) < 4.78 is 50.1. The molecule has 4 rings (SSSR count). The van der Waals surface area contributed by atoms with Gasteiger partial charge in [0.25, 0.3) is 0 Å².